The van der Waals surface area contributed by atoms with Crippen molar-refractivity contribution in [2.75, 3.05) is 13.7 Å². The lowest BCUT2D eigenvalue weighted by Gasteiger charge is -2.11. The number of halogens is 1. The lowest BCUT2D eigenvalue weighted by atomic mass is 10.2. The van der Waals surface area contributed by atoms with E-state index in [2.05, 4.69) is 10.5 Å². The van der Waals surface area contributed by atoms with Crippen molar-refractivity contribution < 1.29 is 19.0 Å². The van der Waals surface area contributed by atoms with Crippen LogP contribution < -0.4 is 19.6 Å². The van der Waals surface area contributed by atoms with Crippen molar-refractivity contribution in [3.63, 3.8) is 0 Å². The van der Waals surface area contributed by atoms with Crippen LogP contribution in [0.5, 0.6) is 17.2 Å². The number of rotatable bonds is 9. The number of nitrogens with zero attached hydrogens (tertiary/aromatic N) is 1. The van der Waals surface area contributed by atoms with Crippen molar-refractivity contribution in [2.45, 2.75) is 13.5 Å². The molecule has 0 saturated heterocycles. The highest BCUT2D eigenvalue weighted by Gasteiger charge is 2.07. The van der Waals surface area contributed by atoms with Crippen molar-refractivity contribution in [1.82, 2.24) is 5.43 Å². The van der Waals surface area contributed by atoms with Crippen LogP contribution in [0.1, 0.15) is 28.4 Å². The average molecular weight is 439 g/mol. The molecule has 0 aromatic heterocycles. The molecule has 0 aliphatic carbocycles. The maximum Gasteiger partial charge on any atom is 0.271 e. The highest BCUT2D eigenvalue weighted by Crippen LogP contribution is 2.28. The Morgan fingerprint density at radius 2 is 1.74 bits per heavy atom. The Balaban J connectivity index is 1.58. The first kappa shape index (κ1) is 22.2. The fraction of sp³-hybridized carbons (Fsp3) is 0.167. The third kappa shape index (κ3) is 6.49. The summed E-state index contributed by atoms with van der Waals surface area (Å²) in [6, 6.07) is 19.7. The summed E-state index contributed by atoms with van der Waals surface area (Å²) in [5.74, 6) is 1.57. The van der Waals surface area contributed by atoms with Gasteiger partial charge in [-0.1, -0.05) is 23.7 Å². The number of ether oxygens (including phenoxy) is 3. The van der Waals surface area contributed by atoms with Gasteiger partial charge in [0.25, 0.3) is 5.91 Å². The summed E-state index contributed by atoms with van der Waals surface area (Å²) in [5.41, 5.74) is 4.75. The van der Waals surface area contributed by atoms with Gasteiger partial charge in [0.15, 0.2) is 11.5 Å². The summed E-state index contributed by atoms with van der Waals surface area (Å²) in [4.78, 5) is 12.2. The predicted octanol–water partition coefficient (Wildman–Crippen LogP) is 5.09. The fourth-order valence-corrected chi connectivity index (χ4v) is 2.85. The second-order valence-electron chi connectivity index (χ2n) is 6.48. The van der Waals surface area contributed by atoms with Crippen LogP contribution >= 0.6 is 11.6 Å². The average Bonchev–Trinajstić information content (AvgIpc) is 2.79. The zero-order valence-electron chi connectivity index (χ0n) is 17.3. The summed E-state index contributed by atoms with van der Waals surface area (Å²) < 4.78 is 16.6. The number of methoxy groups -OCH3 is 1. The summed E-state index contributed by atoms with van der Waals surface area (Å²) in [6.45, 7) is 2.87. The SMILES string of the molecule is CCOc1ccc(C(=O)N/N=C/c2ccc(OCc3ccc(Cl)cc3)c(OC)c2)cc1. The first-order valence-electron chi connectivity index (χ1n) is 9.70. The Labute approximate surface area is 186 Å². The highest BCUT2D eigenvalue weighted by molar-refractivity contribution is 6.30. The second kappa shape index (κ2) is 11.0. The number of amides is 1. The van der Waals surface area contributed by atoms with Gasteiger partial charge in [-0.25, -0.2) is 5.43 Å². The number of benzene rings is 3. The van der Waals surface area contributed by atoms with E-state index in [0.717, 1.165) is 11.1 Å². The van der Waals surface area contributed by atoms with Crippen molar-refractivity contribution >= 4 is 23.7 Å². The van der Waals surface area contributed by atoms with Gasteiger partial charge < -0.3 is 14.2 Å². The van der Waals surface area contributed by atoms with Crippen molar-refractivity contribution in [3.8, 4) is 17.2 Å². The third-order valence-corrected chi connectivity index (χ3v) is 4.55. The van der Waals surface area contributed by atoms with Gasteiger partial charge in [-0.2, -0.15) is 5.10 Å². The van der Waals surface area contributed by atoms with Crippen LogP contribution in [-0.4, -0.2) is 25.8 Å². The minimum atomic E-state index is -0.311. The second-order valence-corrected chi connectivity index (χ2v) is 6.92. The summed E-state index contributed by atoms with van der Waals surface area (Å²) >= 11 is 5.90. The van der Waals surface area contributed by atoms with Gasteiger partial charge in [0.05, 0.1) is 19.9 Å². The molecule has 0 aliphatic rings. The molecule has 3 aromatic carbocycles. The van der Waals surface area contributed by atoms with E-state index in [-0.39, 0.29) is 5.91 Å². The highest BCUT2D eigenvalue weighted by atomic mass is 35.5. The van der Waals surface area contributed by atoms with Gasteiger partial charge in [-0.3, -0.25) is 4.79 Å². The monoisotopic (exact) mass is 438 g/mol. The molecule has 3 rings (SSSR count). The third-order valence-electron chi connectivity index (χ3n) is 4.30. The molecule has 0 spiro atoms. The molecular weight excluding hydrogens is 416 g/mol. The number of hydrogen-bond donors (Lipinski definition) is 1. The quantitative estimate of drug-likeness (QED) is 0.373. The zero-order valence-corrected chi connectivity index (χ0v) is 18.1. The van der Waals surface area contributed by atoms with E-state index < -0.39 is 0 Å². The van der Waals surface area contributed by atoms with Crippen LogP contribution in [0.15, 0.2) is 71.8 Å². The van der Waals surface area contributed by atoms with E-state index in [0.29, 0.717) is 41.0 Å². The van der Waals surface area contributed by atoms with Gasteiger partial charge in [0.1, 0.15) is 12.4 Å². The van der Waals surface area contributed by atoms with Crippen LogP contribution in [0.25, 0.3) is 0 Å². The largest absolute Gasteiger partial charge is 0.494 e. The molecule has 0 fully saturated rings. The molecule has 160 valence electrons. The van der Waals surface area contributed by atoms with E-state index in [1.165, 1.54) is 6.21 Å². The molecule has 0 unspecified atom stereocenters. The van der Waals surface area contributed by atoms with E-state index in [1.807, 2.05) is 37.3 Å². The molecule has 1 N–H and O–H groups in total. The molecule has 31 heavy (non-hydrogen) atoms. The Hall–Kier alpha value is -3.51. The Morgan fingerprint density at radius 3 is 2.42 bits per heavy atom. The molecule has 0 atom stereocenters. The molecule has 0 aliphatic heterocycles. The summed E-state index contributed by atoms with van der Waals surface area (Å²) in [6.07, 6.45) is 1.54. The molecular formula is C24H23ClN2O4. The Kier molecular flexibility index (Phi) is 7.90. The fourth-order valence-electron chi connectivity index (χ4n) is 2.72. The molecule has 0 saturated carbocycles. The first-order chi connectivity index (χ1) is 15.1. The zero-order chi connectivity index (χ0) is 22.1. The maximum absolute atomic E-state index is 12.2. The number of carbonyl (C=O) groups excluding carboxylic acids is 1. The van der Waals surface area contributed by atoms with Gasteiger partial charge in [0, 0.05) is 10.6 Å². The van der Waals surface area contributed by atoms with E-state index in [9.17, 15) is 4.79 Å². The topological polar surface area (TPSA) is 69.2 Å². The van der Waals surface area contributed by atoms with Crippen LogP contribution in [-0.2, 0) is 6.61 Å². The van der Waals surface area contributed by atoms with Crippen LogP contribution in [0.4, 0.5) is 0 Å². The Morgan fingerprint density at radius 1 is 1.00 bits per heavy atom. The van der Waals surface area contributed by atoms with E-state index in [1.54, 1.807) is 43.5 Å². The number of hydrazone groups is 1. The summed E-state index contributed by atoms with van der Waals surface area (Å²) in [7, 11) is 1.57. The van der Waals surface area contributed by atoms with E-state index in [4.69, 9.17) is 25.8 Å². The van der Waals surface area contributed by atoms with E-state index >= 15 is 0 Å². The number of hydrogen-bond acceptors (Lipinski definition) is 5. The van der Waals surface area contributed by atoms with Gasteiger partial charge in [-0.15, -0.1) is 0 Å². The molecule has 3 aromatic rings. The molecule has 6 nitrogen and oxygen atoms in total. The van der Waals surface area contributed by atoms with Gasteiger partial charge in [-0.05, 0) is 72.6 Å². The maximum atomic E-state index is 12.2. The minimum absolute atomic E-state index is 0.311. The smallest absolute Gasteiger partial charge is 0.271 e. The number of carbonyl (C=O) groups is 1. The van der Waals surface area contributed by atoms with Gasteiger partial charge >= 0.3 is 0 Å². The van der Waals surface area contributed by atoms with Gasteiger partial charge in [0.2, 0.25) is 0 Å². The normalized spacial score (nSPS) is 10.7. The Bertz CT molecular complexity index is 1030. The van der Waals surface area contributed by atoms with Crippen LogP contribution in [0, 0.1) is 0 Å². The van der Waals surface area contributed by atoms with Crippen LogP contribution in [0.2, 0.25) is 5.02 Å². The van der Waals surface area contributed by atoms with Crippen LogP contribution in [0.3, 0.4) is 0 Å². The first-order valence-corrected chi connectivity index (χ1v) is 10.1. The van der Waals surface area contributed by atoms with Crippen molar-refractivity contribution in [1.29, 1.82) is 0 Å². The minimum Gasteiger partial charge on any atom is -0.494 e. The van der Waals surface area contributed by atoms with Crippen molar-refractivity contribution in [2.24, 2.45) is 5.10 Å². The molecule has 0 radical (unpaired) electrons. The van der Waals surface area contributed by atoms with Crippen molar-refractivity contribution in [3.05, 3.63) is 88.4 Å². The molecule has 0 heterocycles. The lowest BCUT2D eigenvalue weighted by Crippen LogP contribution is -2.17. The standard InChI is InChI=1S/C24H23ClN2O4/c1-3-30-21-11-7-19(8-12-21)24(28)27-26-15-18-6-13-22(23(14-18)29-2)31-16-17-4-9-20(25)10-5-17/h4-15H,3,16H2,1-2H3,(H,27,28)/b26-15+. The lowest BCUT2D eigenvalue weighted by molar-refractivity contribution is 0.0955. The summed E-state index contributed by atoms with van der Waals surface area (Å²) in [5, 5.41) is 4.70. The molecule has 1 amide bonds. The molecule has 7 heteroatoms. The molecule has 0 bridgehead atoms. The number of nitrogens with one attached hydrogen (secondary N) is 1. The predicted molar refractivity (Wildman–Crippen MR) is 121 cm³/mol.